The standard InChI is InChI=1S/C19H17BrN4O3S/c20-15-4-1-5-17(11-15)24-28(26,27)18-8-6-16(7-9-18)23-19(25)22-13-14-3-2-10-21-12-14/h1-12,24H,13H2,(H2,22,23,25). The van der Waals surface area contributed by atoms with Crippen molar-refractivity contribution in [2.45, 2.75) is 11.4 Å². The number of hydrogen-bond acceptors (Lipinski definition) is 4. The molecule has 3 rings (SSSR count). The van der Waals surface area contributed by atoms with E-state index < -0.39 is 16.1 Å². The first-order valence-electron chi connectivity index (χ1n) is 8.24. The van der Waals surface area contributed by atoms with Crippen LogP contribution in [0, 0.1) is 0 Å². The second-order valence-electron chi connectivity index (χ2n) is 5.81. The Labute approximate surface area is 171 Å². The van der Waals surface area contributed by atoms with Gasteiger partial charge < -0.3 is 10.6 Å². The lowest BCUT2D eigenvalue weighted by atomic mass is 10.3. The van der Waals surface area contributed by atoms with Gasteiger partial charge in [-0.1, -0.05) is 28.1 Å². The van der Waals surface area contributed by atoms with Crippen LogP contribution >= 0.6 is 15.9 Å². The molecule has 0 bridgehead atoms. The van der Waals surface area contributed by atoms with Gasteiger partial charge in [0.05, 0.1) is 4.90 Å². The van der Waals surface area contributed by atoms with Gasteiger partial charge in [0.15, 0.2) is 0 Å². The fourth-order valence-electron chi connectivity index (χ4n) is 2.34. The molecule has 7 nitrogen and oxygen atoms in total. The third-order valence-corrected chi connectivity index (χ3v) is 5.57. The minimum Gasteiger partial charge on any atom is -0.334 e. The second kappa shape index (κ2) is 8.85. The molecule has 0 saturated carbocycles. The van der Waals surface area contributed by atoms with E-state index in [4.69, 9.17) is 0 Å². The Morgan fingerprint density at radius 1 is 1.00 bits per heavy atom. The third kappa shape index (κ3) is 5.54. The van der Waals surface area contributed by atoms with Gasteiger partial charge in [0.25, 0.3) is 10.0 Å². The van der Waals surface area contributed by atoms with Crippen molar-refractivity contribution in [3.63, 3.8) is 0 Å². The number of rotatable bonds is 6. The Kier molecular flexibility index (Phi) is 6.27. The highest BCUT2D eigenvalue weighted by molar-refractivity contribution is 9.10. The number of pyridine rings is 1. The van der Waals surface area contributed by atoms with Crippen LogP contribution in [0.5, 0.6) is 0 Å². The lowest BCUT2D eigenvalue weighted by Crippen LogP contribution is -2.28. The van der Waals surface area contributed by atoms with Crippen LogP contribution in [-0.4, -0.2) is 19.4 Å². The maximum absolute atomic E-state index is 12.5. The Bertz CT molecular complexity index is 1060. The number of benzene rings is 2. The molecule has 0 aliphatic carbocycles. The van der Waals surface area contributed by atoms with Crippen LogP contribution < -0.4 is 15.4 Å². The average molecular weight is 461 g/mol. The molecule has 0 aliphatic rings. The van der Waals surface area contributed by atoms with E-state index in [1.165, 1.54) is 24.3 Å². The first-order chi connectivity index (χ1) is 13.4. The molecule has 2 aromatic carbocycles. The number of nitrogens with one attached hydrogen (secondary N) is 3. The highest BCUT2D eigenvalue weighted by Crippen LogP contribution is 2.21. The normalized spacial score (nSPS) is 10.9. The van der Waals surface area contributed by atoms with Gasteiger partial charge in [0, 0.05) is 34.8 Å². The molecule has 0 saturated heterocycles. The van der Waals surface area contributed by atoms with Crippen LogP contribution in [0.3, 0.4) is 0 Å². The van der Waals surface area contributed by atoms with Crippen molar-refractivity contribution in [2.24, 2.45) is 0 Å². The van der Waals surface area contributed by atoms with Crippen molar-refractivity contribution in [2.75, 3.05) is 10.0 Å². The van der Waals surface area contributed by atoms with Gasteiger partial charge in [-0.05, 0) is 54.1 Å². The van der Waals surface area contributed by atoms with E-state index in [0.717, 1.165) is 10.0 Å². The van der Waals surface area contributed by atoms with E-state index in [1.54, 1.807) is 42.7 Å². The summed E-state index contributed by atoms with van der Waals surface area (Å²) in [6.07, 6.45) is 3.32. The molecule has 0 radical (unpaired) electrons. The van der Waals surface area contributed by atoms with Gasteiger partial charge in [0.2, 0.25) is 0 Å². The smallest absolute Gasteiger partial charge is 0.319 e. The number of halogens is 1. The Hall–Kier alpha value is -2.91. The molecule has 3 aromatic rings. The maximum atomic E-state index is 12.5. The topological polar surface area (TPSA) is 100 Å². The van der Waals surface area contributed by atoms with E-state index in [-0.39, 0.29) is 4.90 Å². The van der Waals surface area contributed by atoms with Crippen LogP contribution in [0.2, 0.25) is 0 Å². The number of urea groups is 1. The summed E-state index contributed by atoms with van der Waals surface area (Å²) >= 11 is 3.30. The molecule has 0 aliphatic heterocycles. The number of sulfonamides is 1. The summed E-state index contributed by atoms with van der Waals surface area (Å²) in [4.78, 5) is 16.0. The summed E-state index contributed by atoms with van der Waals surface area (Å²) in [5.41, 5.74) is 1.80. The number of carbonyl (C=O) groups excluding carboxylic acids is 1. The van der Waals surface area contributed by atoms with E-state index >= 15 is 0 Å². The predicted octanol–water partition coefficient (Wildman–Crippen LogP) is 3.97. The van der Waals surface area contributed by atoms with Crippen LogP contribution in [0.15, 0.2) is 82.4 Å². The summed E-state index contributed by atoms with van der Waals surface area (Å²) in [7, 11) is -3.73. The van der Waals surface area contributed by atoms with Crippen LogP contribution in [-0.2, 0) is 16.6 Å². The lowest BCUT2D eigenvalue weighted by molar-refractivity contribution is 0.251. The van der Waals surface area contributed by atoms with Crippen molar-refractivity contribution in [1.29, 1.82) is 0 Å². The monoisotopic (exact) mass is 460 g/mol. The summed E-state index contributed by atoms with van der Waals surface area (Å²) in [6.45, 7) is 0.336. The van der Waals surface area contributed by atoms with Gasteiger partial charge >= 0.3 is 6.03 Å². The molecule has 1 heterocycles. The van der Waals surface area contributed by atoms with Gasteiger partial charge in [0.1, 0.15) is 0 Å². The number of hydrogen-bond donors (Lipinski definition) is 3. The van der Waals surface area contributed by atoms with Crippen LogP contribution in [0.4, 0.5) is 16.2 Å². The summed E-state index contributed by atoms with van der Waals surface area (Å²) in [5, 5.41) is 5.36. The summed E-state index contributed by atoms with van der Waals surface area (Å²) < 4.78 is 28.2. The van der Waals surface area contributed by atoms with Gasteiger partial charge in [-0.2, -0.15) is 0 Å². The Morgan fingerprint density at radius 2 is 1.79 bits per heavy atom. The fourth-order valence-corrected chi connectivity index (χ4v) is 3.79. The fraction of sp³-hybridized carbons (Fsp3) is 0.0526. The zero-order valence-corrected chi connectivity index (χ0v) is 17.0. The molecule has 2 amide bonds. The predicted molar refractivity (Wildman–Crippen MR) is 111 cm³/mol. The van der Waals surface area contributed by atoms with Crippen molar-refractivity contribution < 1.29 is 13.2 Å². The number of amides is 2. The molecule has 0 unspecified atom stereocenters. The quantitative estimate of drug-likeness (QED) is 0.517. The highest BCUT2D eigenvalue weighted by Gasteiger charge is 2.14. The largest absolute Gasteiger partial charge is 0.334 e. The number of nitrogens with zero attached hydrogens (tertiary/aromatic N) is 1. The van der Waals surface area contributed by atoms with Crippen molar-refractivity contribution in [3.05, 3.63) is 83.1 Å². The zero-order chi connectivity index (χ0) is 20.0. The molecule has 28 heavy (non-hydrogen) atoms. The first-order valence-corrected chi connectivity index (χ1v) is 10.5. The maximum Gasteiger partial charge on any atom is 0.319 e. The third-order valence-electron chi connectivity index (χ3n) is 3.68. The molecule has 0 atom stereocenters. The molecule has 0 spiro atoms. The molecule has 1 aromatic heterocycles. The zero-order valence-electron chi connectivity index (χ0n) is 14.6. The lowest BCUT2D eigenvalue weighted by Gasteiger charge is -2.10. The van der Waals surface area contributed by atoms with Gasteiger partial charge in [-0.3, -0.25) is 9.71 Å². The second-order valence-corrected chi connectivity index (χ2v) is 8.41. The van der Waals surface area contributed by atoms with Crippen molar-refractivity contribution in [1.82, 2.24) is 10.3 Å². The summed E-state index contributed by atoms with van der Waals surface area (Å²) in [5.74, 6) is 0. The average Bonchev–Trinajstić information content (AvgIpc) is 2.67. The molecule has 3 N–H and O–H groups in total. The summed E-state index contributed by atoms with van der Waals surface area (Å²) in [6, 6.07) is 16.0. The Balaban J connectivity index is 1.60. The van der Waals surface area contributed by atoms with E-state index in [0.29, 0.717) is 17.9 Å². The molecule has 9 heteroatoms. The van der Waals surface area contributed by atoms with Gasteiger partial charge in [-0.15, -0.1) is 0 Å². The number of anilines is 2. The molecule has 0 fully saturated rings. The number of carbonyl (C=O) groups is 1. The van der Waals surface area contributed by atoms with Gasteiger partial charge in [-0.25, -0.2) is 13.2 Å². The molecular formula is C19H17BrN4O3S. The van der Waals surface area contributed by atoms with E-state index in [1.807, 2.05) is 6.07 Å². The first kappa shape index (κ1) is 19.8. The minimum absolute atomic E-state index is 0.0915. The SMILES string of the molecule is O=C(NCc1cccnc1)Nc1ccc(S(=O)(=O)Nc2cccc(Br)c2)cc1. The van der Waals surface area contributed by atoms with E-state index in [2.05, 4.69) is 36.3 Å². The van der Waals surface area contributed by atoms with Crippen LogP contribution in [0.1, 0.15) is 5.56 Å². The molecule has 144 valence electrons. The number of aromatic nitrogens is 1. The van der Waals surface area contributed by atoms with Crippen molar-refractivity contribution >= 4 is 43.4 Å². The van der Waals surface area contributed by atoms with Crippen molar-refractivity contribution in [3.8, 4) is 0 Å². The molecular weight excluding hydrogens is 444 g/mol. The Morgan fingerprint density at radius 3 is 2.46 bits per heavy atom. The van der Waals surface area contributed by atoms with Crippen LogP contribution in [0.25, 0.3) is 0 Å². The highest BCUT2D eigenvalue weighted by atomic mass is 79.9. The minimum atomic E-state index is -3.73. The van der Waals surface area contributed by atoms with E-state index in [9.17, 15) is 13.2 Å².